The SMILES string of the molecule is CCOC(=O)C1=C(CN[C@H](C)c2cccc(Cl)c2)NC(=O)N[C@@H]1c1ccco1. The highest BCUT2D eigenvalue weighted by atomic mass is 35.5. The zero-order valence-corrected chi connectivity index (χ0v) is 16.4. The molecule has 0 radical (unpaired) electrons. The molecule has 28 heavy (non-hydrogen) atoms. The number of hydrogen-bond donors (Lipinski definition) is 3. The normalized spacial score (nSPS) is 17.7. The summed E-state index contributed by atoms with van der Waals surface area (Å²) < 4.78 is 10.6. The third kappa shape index (κ3) is 4.55. The van der Waals surface area contributed by atoms with Gasteiger partial charge in [0.15, 0.2) is 0 Å². The summed E-state index contributed by atoms with van der Waals surface area (Å²) in [4.78, 5) is 24.8. The fourth-order valence-corrected chi connectivity index (χ4v) is 3.22. The van der Waals surface area contributed by atoms with Crippen molar-refractivity contribution in [1.82, 2.24) is 16.0 Å². The molecule has 0 fully saturated rings. The van der Waals surface area contributed by atoms with Crippen molar-refractivity contribution in [2.24, 2.45) is 0 Å². The summed E-state index contributed by atoms with van der Waals surface area (Å²) in [6.45, 7) is 4.19. The average Bonchev–Trinajstić information content (AvgIpc) is 3.20. The maximum absolute atomic E-state index is 12.6. The maximum atomic E-state index is 12.6. The molecule has 8 heteroatoms. The van der Waals surface area contributed by atoms with Gasteiger partial charge in [0.2, 0.25) is 0 Å². The van der Waals surface area contributed by atoms with E-state index in [1.807, 2.05) is 25.1 Å². The molecule has 3 rings (SSSR count). The van der Waals surface area contributed by atoms with Crippen LogP contribution in [0, 0.1) is 0 Å². The van der Waals surface area contributed by atoms with Crippen molar-refractivity contribution in [3.8, 4) is 0 Å². The van der Waals surface area contributed by atoms with Crippen molar-refractivity contribution >= 4 is 23.6 Å². The number of halogens is 1. The molecule has 0 spiro atoms. The quantitative estimate of drug-likeness (QED) is 0.616. The second-order valence-electron chi connectivity index (χ2n) is 6.32. The van der Waals surface area contributed by atoms with E-state index in [2.05, 4.69) is 16.0 Å². The van der Waals surface area contributed by atoms with Crippen LogP contribution in [0.25, 0.3) is 0 Å². The van der Waals surface area contributed by atoms with Gasteiger partial charge in [0.1, 0.15) is 11.8 Å². The van der Waals surface area contributed by atoms with Crippen LogP contribution in [0.2, 0.25) is 5.02 Å². The average molecular weight is 404 g/mol. The van der Waals surface area contributed by atoms with Crippen LogP contribution in [-0.4, -0.2) is 25.2 Å². The van der Waals surface area contributed by atoms with Gasteiger partial charge in [-0.05, 0) is 43.7 Å². The topological polar surface area (TPSA) is 92.6 Å². The van der Waals surface area contributed by atoms with E-state index in [1.165, 1.54) is 6.26 Å². The number of urea groups is 1. The third-order valence-corrected chi connectivity index (χ3v) is 4.65. The summed E-state index contributed by atoms with van der Waals surface area (Å²) in [7, 11) is 0. The second kappa shape index (κ2) is 8.95. The van der Waals surface area contributed by atoms with Crippen LogP contribution >= 0.6 is 11.6 Å². The molecule has 1 aromatic carbocycles. The molecule has 148 valence electrons. The predicted octanol–water partition coefficient (Wildman–Crippen LogP) is 3.45. The van der Waals surface area contributed by atoms with Crippen molar-refractivity contribution in [2.45, 2.75) is 25.9 Å². The number of esters is 1. The van der Waals surface area contributed by atoms with Gasteiger partial charge in [-0.15, -0.1) is 0 Å². The Morgan fingerprint density at radius 2 is 2.18 bits per heavy atom. The number of rotatable bonds is 7. The first-order chi connectivity index (χ1) is 13.5. The number of carbonyl (C=O) groups is 2. The Kier molecular flexibility index (Phi) is 6.38. The van der Waals surface area contributed by atoms with Gasteiger partial charge >= 0.3 is 12.0 Å². The Morgan fingerprint density at radius 3 is 2.86 bits per heavy atom. The number of amides is 2. The summed E-state index contributed by atoms with van der Waals surface area (Å²) in [5.74, 6) is -0.0538. The zero-order valence-electron chi connectivity index (χ0n) is 15.6. The first-order valence-corrected chi connectivity index (χ1v) is 9.37. The summed E-state index contributed by atoms with van der Waals surface area (Å²) in [6, 6.07) is 9.72. The van der Waals surface area contributed by atoms with Crippen molar-refractivity contribution in [3.05, 3.63) is 70.3 Å². The Bertz CT molecular complexity index is 879. The molecular weight excluding hydrogens is 382 g/mol. The van der Waals surface area contributed by atoms with Crippen LogP contribution in [0.5, 0.6) is 0 Å². The lowest BCUT2D eigenvalue weighted by molar-refractivity contribution is -0.139. The molecule has 2 amide bonds. The van der Waals surface area contributed by atoms with Crippen LogP contribution in [0.15, 0.2) is 58.3 Å². The number of ether oxygens (including phenoxy) is 1. The van der Waals surface area contributed by atoms with E-state index >= 15 is 0 Å². The van der Waals surface area contributed by atoms with Crippen LogP contribution < -0.4 is 16.0 Å². The lowest BCUT2D eigenvalue weighted by Crippen LogP contribution is -2.48. The van der Waals surface area contributed by atoms with Crippen LogP contribution in [0.3, 0.4) is 0 Å². The summed E-state index contributed by atoms with van der Waals surface area (Å²) in [6.07, 6.45) is 1.49. The zero-order chi connectivity index (χ0) is 20.1. The molecule has 7 nitrogen and oxygen atoms in total. The largest absolute Gasteiger partial charge is 0.467 e. The molecule has 0 unspecified atom stereocenters. The monoisotopic (exact) mass is 403 g/mol. The summed E-state index contributed by atoms with van der Waals surface area (Å²) in [5.41, 5.74) is 1.74. The third-order valence-electron chi connectivity index (χ3n) is 4.41. The molecular formula is C20H22ClN3O4. The van der Waals surface area contributed by atoms with E-state index in [0.29, 0.717) is 22.1 Å². The first-order valence-electron chi connectivity index (χ1n) is 8.99. The van der Waals surface area contributed by atoms with E-state index in [1.54, 1.807) is 25.1 Å². The van der Waals surface area contributed by atoms with E-state index in [-0.39, 0.29) is 19.2 Å². The van der Waals surface area contributed by atoms with Gasteiger partial charge in [-0.25, -0.2) is 9.59 Å². The minimum Gasteiger partial charge on any atom is -0.467 e. The Balaban J connectivity index is 1.87. The lowest BCUT2D eigenvalue weighted by Gasteiger charge is -2.28. The number of furan rings is 1. The molecule has 0 bridgehead atoms. The highest BCUT2D eigenvalue weighted by Crippen LogP contribution is 2.28. The number of nitrogens with one attached hydrogen (secondary N) is 3. The van der Waals surface area contributed by atoms with E-state index in [4.69, 9.17) is 20.8 Å². The Labute approximate surface area is 168 Å². The van der Waals surface area contributed by atoms with Crippen LogP contribution in [-0.2, 0) is 9.53 Å². The standard InChI is InChI=1S/C20H22ClN3O4/c1-3-27-19(25)17-15(11-22-12(2)13-6-4-7-14(21)10-13)23-20(26)24-18(17)16-8-5-9-28-16/h4-10,12,18,22H,3,11H2,1-2H3,(H2,23,24,26)/t12-,18-/m1/s1. The Hall–Kier alpha value is -2.77. The molecule has 0 aliphatic carbocycles. The van der Waals surface area contributed by atoms with Gasteiger partial charge in [0, 0.05) is 23.3 Å². The highest BCUT2D eigenvalue weighted by Gasteiger charge is 2.35. The van der Waals surface area contributed by atoms with Gasteiger partial charge < -0.3 is 25.1 Å². The molecule has 1 aromatic heterocycles. The first kappa shape index (κ1) is 20.0. The summed E-state index contributed by atoms with van der Waals surface area (Å²) in [5, 5.41) is 9.39. The smallest absolute Gasteiger partial charge is 0.338 e. The minimum atomic E-state index is -0.721. The number of benzene rings is 1. The van der Waals surface area contributed by atoms with Gasteiger partial charge in [-0.2, -0.15) is 0 Å². The van der Waals surface area contributed by atoms with Gasteiger partial charge in [-0.3, -0.25) is 0 Å². The second-order valence-corrected chi connectivity index (χ2v) is 6.75. The summed E-state index contributed by atoms with van der Waals surface area (Å²) >= 11 is 6.06. The minimum absolute atomic E-state index is 0.0523. The van der Waals surface area contributed by atoms with Crippen molar-refractivity contribution in [1.29, 1.82) is 0 Å². The Morgan fingerprint density at radius 1 is 1.36 bits per heavy atom. The van der Waals surface area contributed by atoms with Crippen LogP contribution in [0.1, 0.15) is 37.3 Å². The molecule has 2 aromatic rings. The number of carbonyl (C=O) groups excluding carboxylic acids is 2. The molecule has 2 atom stereocenters. The maximum Gasteiger partial charge on any atom is 0.338 e. The molecule has 0 saturated heterocycles. The lowest BCUT2D eigenvalue weighted by atomic mass is 9.99. The fourth-order valence-electron chi connectivity index (χ4n) is 3.03. The van der Waals surface area contributed by atoms with Crippen molar-refractivity contribution < 1.29 is 18.7 Å². The van der Waals surface area contributed by atoms with Gasteiger partial charge in [-0.1, -0.05) is 23.7 Å². The van der Waals surface area contributed by atoms with Crippen molar-refractivity contribution in [3.63, 3.8) is 0 Å². The van der Waals surface area contributed by atoms with Crippen LogP contribution in [0.4, 0.5) is 4.79 Å². The highest BCUT2D eigenvalue weighted by molar-refractivity contribution is 6.30. The van der Waals surface area contributed by atoms with Gasteiger partial charge in [0.25, 0.3) is 0 Å². The van der Waals surface area contributed by atoms with Crippen molar-refractivity contribution in [2.75, 3.05) is 13.2 Å². The molecule has 3 N–H and O–H groups in total. The van der Waals surface area contributed by atoms with E-state index in [9.17, 15) is 9.59 Å². The predicted molar refractivity (Wildman–Crippen MR) is 105 cm³/mol. The van der Waals surface area contributed by atoms with Gasteiger partial charge in [0.05, 0.1) is 18.4 Å². The molecule has 1 aliphatic heterocycles. The molecule has 1 aliphatic rings. The molecule has 0 saturated carbocycles. The molecule has 2 heterocycles. The number of hydrogen-bond acceptors (Lipinski definition) is 5. The van der Waals surface area contributed by atoms with E-state index < -0.39 is 18.0 Å². The fraction of sp³-hybridized carbons (Fsp3) is 0.300. The van der Waals surface area contributed by atoms with E-state index in [0.717, 1.165) is 5.56 Å².